The Morgan fingerprint density at radius 3 is 2.60 bits per heavy atom. The van der Waals surface area contributed by atoms with Crippen molar-refractivity contribution in [2.75, 3.05) is 19.6 Å². The Balaban J connectivity index is 0.00000200. The zero-order valence-corrected chi connectivity index (χ0v) is 12.9. The van der Waals surface area contributed by atoms with Crippen LogP contribution in [-0.2, 0) is 4.79 Å². The van der Waals surface area contributed by atoms with Crippen molar-refractivity contribution < 1.29 is 4.79 Å². The average Bonchev–Trinajstić information content (AvgIpc) is 3.25. The van der Waals surface area contributed by atoms with E-state index >= 15 is 0 Å². The van der Waals surface area contributed by atoms with Crippen LogP contribution >= 0.6 is 12.4 Å². The van der Waals surface area contributed by atoms with Crippen LogP contribution in [0.3, 0.4) is 0 Å². The van der Waals surface area contributed by atoms with Gasteiger partial charge in [0.1, 0.15) is 0 Å². The van der Waals surface area contributed by atoms with Gasteiger partial charge in [-0.05, 0) is 37.3 Å². The van der Waals surface area contributed by atoms with Crippen LogP contribution in [0.25, 0.3) is 0 Å². The summed E-state index contributed by atoms with van der Waals surface area (Å²) >= 11 is 0. The number of benzene rings is 1. The SMILES string of the molecule is CCC(CNC(=O)CNCC1CC1)c1ccccc1.Cl. The molecule has 1 atom stereocenters. The van der Waals surface area contributed by atoms with Gasteiger partial charge in [-0.25, -0.2) is 0 Å². The Bertz CT molecular complexity index is 393. The summed E-state index contributed by atoms with van der Waals surface area (Å²) in [6.07, 6.45) is 3.68. The molecule has 0 aliphatic heterocycles. The normalized spacial score (nSPS) is 15.2. The summed E-state index contributed by atoms with van der Waals surface area (Å²) in [5.74, 6) is 1.34. The van der Waals surface area contributed by atoms with Gasteiger partial charge in [0.15, 0.2) is 0 Å². The van der Waals surface area contributed by atoms with Crippen molar-refractivity contribution >= 4 is 18.3 Å². The molecule has 1 unspecified atom stereocenters. The monoisotopic (exact) mass is 296 g/mol. The second-order valence-electron chi connectivity index (χ2n) is 5.39. The van der Waals surface area contributed by atoms with Crippen molar-refractivity contribution in [3.63, 3.8) is 0 Å². The Labute approximate surface area is 127 Å². The average molecular weight is 297 g/mol. The molecule has 0 bridgehead atoms. The van der Waals surface area contributed by atoms with Crippen LogP contribution in [0.2, 0.25) is 0 Å². The summed E-state index contributed by atoms with van der Waals surface area (Å²) in [6, 6.07) is 10.4. The number of halogens is 1. The maximum Gasteiger partial charge on any atom is 0.233 e. The molecule has 1 aromatic rings. The fraction of sp³-hybridized carbons (Fsp3) is 0.562. The minimum atomic E-state index is 0. The summed E-state index contributed by atoms with van der Waals surface area (Å²) in [5, 5.41) is 6.24. The van der Waals surface area contributed by atoms with Crippen LogP contribution in [0.4, 0.5) is 0 Å². The lowest BCUT2D eigenvalue weighted by atomic mass is 9.96. The van der Waals surface area contributed by atoms with Crippen molar-refractivity contribution in [2.45, 2.75) is 32.1 Å². The molecule has 0 heterocycles. The first-order valence-corrected chi connectivity index (χ1v) is 7.32. The van der Waals surface area contributed by atoms with Crippen molar-refractivity contribution in [1.82, 2.24) is 10.6 Å². The zero-order chi connectivity index (χ0) is 13.5. The minimum Gasteiger partial charge on any atom is -0.354 e. The summed E-state index contributed by atoms with van der Waals surface area (Å²) < 4.78 is 0. The lowest BCUT2D eigenvalue weighted by Crippen LogP contribution is -2.36. The molecule has 1 amide bonds. The van der Waals surface area contributed by atoms with Crippen LogP contribution in [0.15, 0.2) is 30.3 Å². The van der Waals surface area contributed by atoms with Gasteiger partial charge in [-0.2, -0.15) is 0 Å². The molecular weight excluding hydrogens is 272 g/mol. The van der Waals surface area contributed by atoms with Crippen LogP contribution < -0.4 is 10.6 Å². The number of rotatable bonds is 8. The topological polar surface area (TPSA) is 41.1 Å². The largest absolute Gasteiger partial charge is 0.354 e. The fourth-order valence-electron chi connectivity index (χ4n) is 2.23. The molecule has 1 aromatic carbocycles. The Morgan fingerprint density at radius 2 is 2.00 bits per heavy atom. The number of hydrogen-bond donors (Lipinski definition) is 2. The Kier molecular flexibility index (Phi) is 7.63. The van der Waals surface area contributed by atoms with E-state index in [4.69, 9.17) is 0 Å². The van der Waals surface area contributed by atoms with E-state index in [-0.39, 0.29) is 18.3 Å². The summed E-state index contributed by atoms with van der Waals surface area (Å²) in [4.78, 5) is 11.7. The first-order valence-electron chi connectivity index (χ1n) is 7.32. The molecule has 1 saturated carbocycles. The highest BCUT2D eigenvalue weighted by Crippen LogP contribution is 2.27. The van der Waals surface area contributed by atoms with Gasteiger partial charge in [-0.3, -0.25) is 4.79 Å². The summed E-state index contributed by atoms with van der Waals surface area (Å²) in [7, 11) is 0. The number of nitrogens with one attached hydrogen (secondary N) is 2. The quantitative estimate of drug-likeness (QED) is 0.774. The van der Waals surface area contributed by atoms with Gasteiger partial charge >= 0.3 is 0 Å². The third kappa shape index (κ3) is 5.93. The second-order valence-corrected chi connectivity index (χ2v) is 5.39. The maximum absolute atomic E-state index is 11.7. The third-order valence-electron chi connectivity index (χ3n) is 3.72. The highest BCUT2D eigenvalue weighted by Gasteiger charge is 2.20. The molecule has 112 valence electrons. The molecule has 0 aromatic heterocycles. The smallest absolute Gasteiger partial charge is 0.233 e. The highest BCUT2D eigenvalue weighted by molar-refractivity contribution is 5.85. The highest BCUT2D eigenvalue weighted by atomic mass is 35.5. The number of carbonyl (C=O) groups is 1. The van der Waals surface area contributed by atoms with E-state index in [1.807, 2.05) is 6.07 Å². The molecule has 3 nitrogen and oxygen atoms in total. The van der Waals surface area contributed by atoms with E-state index in [2.05, 4.69) is 41.8 Å². The summed E-state index contributed by atoms with van der Waals surface area (Å²) in [5.41, 5.74) is 1.30. The van der Waals surface area contributed by atoms with Crippen molar-refractivity contribution in [3.8, 4) is 0 Å². The molecule has 2 rings (SSSR count). The predicted molar refractivity (Wildman–Crippen MR) is 85.3 cm³/mol. The minimum absolute atomic E-state index is 0. The van der Waals surface area contributed by atoms with E-state index in [1.165, 1.54) is 18.4 Å². The molecule has 2 N–H and O–H groups in total. The predicted octanol–water partition coefficient (Wildman–Crippen LogP) is 2.72. The molecule has 0 radical (unpaired) electrons. The molecule has 0 saturated heterocycles. The number of carbonyl (C=O) groups excluding carboxylic acids is 1. The van der Waals surface area contributed by atoms with Crippen molar-refractivity contribution in [2.24, 2.45) is 5.92 Å². The van der Waals surface area contributed by atoms with Gasteiger partial charge in [0.05, 0.1) is 6.54 Å². The molecule has 0 spiro atoms. The third-order valence-corrected chi connectivity index (χ3v) is 3.72. The zero-order valence-electron chi connectivity index (χ0n) is 12.1. The lowest BCUT2D eigenvalue weighted by molar-refractivity contribution is -0.120. The van der Waals surface area contributed by atoms with Gasteiger partial charge in [0.25, 0.3) is 0 Å². The van der Waals surface area contributed by atoms with E-state index in [0.717, 1.165) is 25.4 Å². The first-order chi connectivity index (χ1) is 9.29. The molecule has 1 fully saturated rings. The number of hydrogen-bond acceptors (Lipinski definition) is 2. The van der Waals surface area contributed by atoms with Crippen LogP contribution in [-0.4, -0.2) is 25.5 Å². The summed E-state index contributed by atoms with van der Waals surface area (Å²) in [6.45, 7) is 4.32. The molecule has 4 heteroatoms. The van der Waals surface area contributed by atoms with Crippen LogP contribution in [0.1, 0.15) is 37.7 Å². The molecule has 20 heavy (non-hydrogen) atoms. The van der Waals surface area contributed by atoms with Crippen molar-refractivity contribution in [3.05, 3.63) is 35.9 Å². The second kappa shape index (κ2) is 8.98. The van der Waals surface area contributed by atoms with E-state index in [1.54, 1.807) is 0 Å². The Morgan fingerprint density at radius 1 is 1.30 bits per heavy atom. The maximum atomic E-state index is 11.7. The van der Waals surface area contributed by atoms with Crippen LogP contribution in [0.5, 0.6) is 0 Å². The van der Waals surface area contributed by atoms with Gasteiger partial charge < -0.3 is 10.6 Å². The van der Waals surface area contributed by atoms with Crippen molar-refractivity contribution in [1.29, 1.82) is 0 Å². The molecule has 1 aliphatic carbocycles. The first kappa shape index (κ1) is 17.0. The van der Waals surface area contributed by atoms with Crippen LogP contribution in [0, 0.1) is 5.92 Å². The molecular formula is C16H25ClN2O. The van der Waals surface area contributed by atoms with E-state index < -0.39 is 0 Å². The van der Waals surface area contributed by atoms with E-state index in [0.29, 0.717) is 12.5 Å². The standard InChI is InChI=1S/C16H24N2O.ClH/c1-2-14(15-6-4-3-5-7-15)11-18-16(19)12-17-10-13-8-9-13;/h3-7,13-14,17H,2,8-12H2,1H3,(H,18,19);1H. The van der Waals surface area contributed by atoms with Gasteiger partial charge in [-0.1, -0.05) is 37.3 Å². The van der Waals surface area contributed by atoms with E-state index in [9.17, 15) is 4.79 Å². The number of amides is 1. The van der Waals surface area contributed by atoms with Gasteiger partial charge in [0, 0.05) is 12.5 Å². The molecule has 1 aliphatic rings. The fourth-order valence-corrected chi connectivity index (χ4v) is 2.23. The van der Waals surface area contributed by atoms with Gasteiger partial charge in [0.2, 0.25) is 5.91 Å². The van der Waals surface area contributed by atoms with Gasteiger partial charge in [-0.15, -0.1) is 12.4 Å². The lowest BCUT2D eigenvalue weighted by Gasteiger charge is -2.16. The Hall–Kier alpha value is -1.06.